The number of hydrogen-bond donors (Lipinski definition) is 0. The third-order valence-corrected chi connectivity index (χ3v) is 9.84. The average Bonchev–Trinajstić information content (AvgIpc) is 3.41. The topological polar surface area (TPSA) is 0 Å². The minimum Gasteiger partial charge on any atom is -0.0654 e. The summed E-state index contributed by atoms with van der Waals surface area (Å²) in [6, 6.07) is 41.1. The molecular weight excluding hydrogens is 528 g/mol. The summed E-state index contributed by atoms with van der Waals surface area (Å²) in [4.78, 5) is 0. The molecule has 0 bridgehead atoms. The average molecular weight is 573 g/mol. The zero-order valence-electron chi connectivity index (χ0n) is 26.5. The summed E-state index contributed by atoms with van der Waals surface area (Å²) in [5.74, 6) is 0. The lowest BCUT2D eigenvalue weighted by atomic mass is 9.79. The lowest BCUT2D eigenvalue weighted by Crippen LogP contribution is -2.03. The highest BCUT2D eigenvalue weighted by Crippen LogP contribution is 2.55. The maximum atomic E-state index is 2.42. The first-order chi connectivity index (χ1) is 21.8. The molecule has 0 saturated carbocycles. The van der Waals surface area contributed by atoms with Crippen molar-refractivity contribution < 1.29 is 0 Å². The van der Waals surface area contributed by atoms with Gasteiger partial charge in [0.25, 0.3) is 0 Å². The largest absolute Gasteiger partial charge is 0.0654 e. The predicted molar refractivity (Wildman–Crippen MR) is 192 cm³/mol. The van der Waals surface area contributed by atoms with E-state index in [0.717, 1.165) is 12.8 Å². The highest BCUT2D eigenvalue weighted by molar-refractivity contribution is 6.23. The Morgan fingerprint density at radius 1 is 0.364 bits per heavy atom. The van der Waals surface area contributed by atoms with Gasteiger partial charge in [0.2, 0.25) is 0 Å². The van der Waals surface area contributed by atoms with Gasteiger partial charge in [-0.2, -0.15) is 0 Å². The molecule has 0 saturated heterocycles. The molecule has 0 spiro atoms. The van der Waals surface area contributed by atoms with E-state index in [0.29, 0.717) is 0 Å². The van der Waals surface area contributed by atoms with Crippen LogP contribution in [-0.4, -0.2) is 0 Å². The molecule has 0 amide bonds. The van der Waals surface area contributed by atoms with Crippen molar-refractivity contribution in [2.24, 2.45) is 0 Å². The van der Waals surface area contributed by atoms with E-state index < -0.39 is 0 Å². The van der Waals surface area contributed by atoms with E-state index in [4.69, 9.17) is 0 Å². The number of unbranched alkanes of at least 4 members (excludes halogenated alkanes) is 6. The highest BCUT2D eigenvalue weighted by Gasteiger charge is 2.31. The summed E-state index contributed by atoms with van der Waals surface area (Å²) in [5.41, 5.74) is 14.4. The van der Waals surface area contributed by atoms with Gasteiger partial charge in [-0.1, -0.05) is 162 Å². The van der Waals surface area contributed by atoms with Gasteiger partial charge in [-0.15, -0.1) is 0 Å². The number of fused-ring (bicyclic) bond motifs is 4. The van der Waals surface area contributed by atoms with Gasteiger partial charge >= 0.3 is 0 Å². The lowest BCUT2D eigenvalue weighted by Gasteiger charge is -2.24. The van der Waals surface area contributed by atoms with Crippen molar-refractivity contribution in [2.75, 3.05) is 0 Å². The smallest absolute Gasteiger partial charge is 0.00262 e. The Labute approximate surface area is 263 Å². The van der Waals surface area contributed by atoms with Gasteiger partial charge in [0.1, 0.15) is 0 Å². The molecule has 220 valence electrons. The van der Waals surface area contributed by atoms with Crippen LogP contribution in [0, 0.1) is 0 Å². The number of aryl methyl sites for hydroxylation is 2. The first kappa shape index (κ1) is 28.6. The zero-order chi connectivity index (χ0) is 29.9. The van der Waals surface area contributed by atoms with Crippen LogP contribution in [0.5, 0.6) is 0 Å². The van der Waals surface area contributed by atoms with Crippen LogP contribution in [0.15, 0.2) is 109 Å². The van der Waals surface area contributed by atoms with Gasteiger partial charge in [-0.25, -0.2) is 0 Å². The van der Waals surface area contributed by atoms with E-state index in [2.05, 4.69) is 123 Å². The maximum absolute atomic E-state index is 2.42. The third kappa shape index (κ3) is 5.05. The van der Waals surface area contributed by atoms with Crippen LogP contribution >= 0.6 is 0 Å². The van der Waals surface area contributed by atoms with Crippen molar-refractivity contribution in [2.45, 2.75) is 78.1 Å². The quantitative estimate of drug-likeness (QED) is 0.128. The minimum absolute atomic E-state index is 1.11. The number of benzene rings is 6. The maximum Gasteiger partial charge on any atom is -0.00262 e. The second kappa shape index (κ2) is 12.8. The summed E-state index contributed by atoms with van der Waals surface area (Å²) >= 11 is 0. The second-order valence-electron chi connectivity index (χ2n) is 12.7. The second-order valence-corrected chi connectivity index (χ2v) is 12.7. The minimum atomic E-state index is 1.11. The highest BCUT2D eigenvalue weighted by atomic mass is 14.3. The molecule has 1 aliphatic rings. The van der Waals surface area contributed by atoms with E-state index in [1.807, 2.05) is 0 Å². The Balaban J connectivity index is 1.63. The van der Waals surface area contributed by atoms with Crippen LogP contribution in [-0.2, 0) is 12.8 Å². The first-order valence-corrected chi connectivity index (χ1v) is 17.1. The summed E-state index contributed by atoms with van der Waals surface area (Å²) in [6.07, 6.45) is 12.3. The fourth-order valence-corrected chi connectivity index (χ4v) is 7.81. The lowest BCUT2D eigenvalue weighted by molar-refractivity contribution is 0.666. The van der Waals surface area contributed by atoms with Crippen molar-refractivity contribution in [3.63, 3.8) is 0 Å². The van der Waals surface area contributed by atoms with E-state index in [-0.39, 0.29) is 0 Å². The van der Waals surface area contributed by atoms with Gasteiger partial charge in [0.15, 0.2) is 0 Å². The summed E-state index contributed by atoms with van der Waals surface area (Å²) < 4.78 is 0. The van der Waals surface area contributed by atoms with E-state index >= 15 is 0 Å². The predicted octanol–water partition coefficient (Wildman–Crippen LogP) is 13.2. The van der Waals surface area contributed by atoms with E-state index in [9.17, 15) is 0 Å². The molecule has 0 heterocycles. The first-order valence-electron chi connectivity index (χ1n) is 17.1. The third-order valence-electron chi connectivity index (χ3n) is 9.84. The molecule has 0 heteroatoms. The van der Waals surface area contributed by atoms with Crippen LogP contribution in [0.1, 0.15) is 76.3 Å². The van der Waals surface area contributed by atoms with Crippen molar-refractivity contribution in [3.05, 3.63) is 120 Å². The van der Waals surface area contributed by atoms with Gasteiger partial charge < -0.3 is 0 Å². The van der Waals surface area contributed by atoms with Crippen LogP contribution in [0.25, 0.3) is 66.1 Å². The Bertz CT molecular complexity index is 1770. The SMILES string of the molecule is CCCCCCc1c2c(c(CCCCCC)c3c(-c4ccccc4)ccc(-c4ccccc4)c13)-c1cccc3cccc-2c13. The molecule has 0 aliphatic heterocycles. The molecule has 0 aromatic heterocycles. The van der Waals surface area contributed by atoms with Gasteiger partial charge in [-0.3, -0.25) is 0 Å². The van der Waals surface area contributed by atoms with Crippen molar-refractivity contribution in [1.29, 1.82) is 0 Å². The molecule has 0 fully saturated rings. The zero-order valence-corrected chi connectivity index (χ0v) is 26.5. The van der Waals surface area contributed by atoms with E-state index in [1.165, 1.54) is 117 Å². The van der Waals surface area contributed by atoms with E-state index in [1.54, 1.807) is 11.1 Å². The Morgan fingerprint density at radius 3 is 1.25 bits per heavy atom. The molecule has 6 aromatic rings. The Morgan fingerprint density at radius 2 is 0.818 bits per heavy atom. The summed E-state index contributed by atoms with van der Waals surface area (Å²) in [6.45, 7) is 4.63. The van der Waals surface area contributed by atoms with Crippen LogP contribution in [0.2, 0.25) is 0 Å². The van der Waals surface area contributed by atoms with Gasteiger partial charge in [0.05, 0.1) is 0 Å². The van der Waals surface area contributed by atoms with Crippen molar-refractivity contribution >= 4 is 21.5 Å². The van der Waals surface area contributed by atoms with Crippen LogP contribution in [0.3, 0.4) is 0 Å². The summed E-state index contributed by atoms with van der Waals surface area (Å²) in [5, 5.41) is 5.79. The number of hydrogen-bond acceptors (Lipinski definition) is 0. The standard InChI is InChI=1S/C44H44/c1-3-5-7-15-25-38-41-34(31-19-11-9-12-20-31)29-30-35(32-21-13-10-14-22-32)42(41)39(26-16-8-6-4-2)44-37-28-18-24-33-23-17-27-36(40(33)37)43(38)44/h9-14,17-24,27-30H,3-8,15-16,25-26H2,1-2H3. The molecule has 0 radical (unpaired) electrons. The van der Waals surface area contributed by atoms with Crippen LogP contribution < -0.4 is 0 Å². The van der Waals surface area contributed by atoms with Crippen molar-refractivity contribution in [3.8, 4) is 44.5 Å². The van der Waals surface area contributed by atoms with Gasteiger partial charge in [-0.05, 0) is 103 Å². The molecule has 7 rings (SSSR count). The number of rotatable bonds is 12. The fourth-order valence-electron chi connectivity index (χ4n) is 7.81. The normalized spacial score (nSPS) is 11.9. The molecule has 1 aliphatic carbocycles. The molecule has 44 heavy (non-hydrogen) atoms. The fraction of sp³-hybridized carbons (Fsp3) is 0.273. The molecule has 6 aromatic carbocycles. The van der Waals surface area contributed by atoms with Gasteiger partial charge in [0, 0.05) is 0 Å². The summed E-state index contributed by atoms with van der Waals surface area (Å²) in [7, 11) is 0. The molecular formula is C44H44. The van der Waals surface area contributed by atoms with Crippen LogP contribution in [0.4, 0.5) is 0 Å². The molecule has 0 N–H and O–H groups in total. The monoisotopic (exact) mass is 572 g/mol. The van der Waals surface area contributed by atoms with Crippen molar-refractivity contribution in [1.82, 2.24) is 0 Å². The molecule has 0 nitrogen and oxygen atoms in total. The Kier molecular flexibility index (Phi) is 8.34. The Hall–Kier alpha value is -4.16. The molecule has 0 atom stereocenters. The molecule has 0 unspecified atom stereocenters.